The molecule has 0 unspecified atom stereocenters. The van der Waals surface area contributed by atoms with Gasteiger partial charge in [0.2, 0.25) is 0 Å². The number of halogens is 2. The van der Waals surface area contributed by atoms with E-state index in [1.54, 1.807) is 6.07 Å². The first kappa shape index (κ1) is 13.8. The molecule has 0 aliphatic rings. The van der Waals surface area contributed by atoms with Crippen LogP contribution in [0.3, 0.4) is 0 Å². The van der Waals surface area contributed by atoms with Gasteiger partial charge in [0, 0.05) is 6.54 Å². The number of carbonyl (C=O) groups is 1. The van der Waals surface area contributed by atoms with Crippen LogP contribution in [-0.4, -0.2) is 11.1 Å². The van der Waals surface area contributed by atoms with Crippen molar-refractivity contribution in [3.05, 3.63) is 59.2 Å². The van der Waals surface area contributed by atoms with E-state index in [2.05, 4.69) is 5.32 Å². The molecule has 0 saturated carbocycles. The zero-order valence-corrected chi connectivity index (χ0v) is 10.4. The first-order valence-corrected chi connectivity index (χ1v) is 5.78. The second-order valence-electron chi connectivity index (χ2n) is 4.18. The number of nitrogen functional groups attached to an aromatic ring is 1. The highest BCUT2D eigenvalue weighted by Gasteiger charge is 2.12. The van der Waals surface area contributed by atoms with Gasteiger partial charge in [-0.25, -0.2) is 13.6 Å². The van der Waals surface area contributed by atoms with Crippen LogP contribution in [0.4, 0.5) is 20.2 Å². The van der Waals surface area contributed by atoms with Crippen molar-refractivity contribution in [2.75, 3.05) is 11.1 Å². The minimum atomic E-state index is -1.12. The summed E-state index contributed by atoms with van der Waals surface area (Å²) in [6, 6.07) is 7.96. The molecule has 2 aromatic rings. The highest BCUT2D eigenvalue weighted by atomic mass is 19.2. The molecule has 0 aliphatic carbocycles. The van der Waals surface area contributed by atoms with Crippen molar-refractivity contribution >= 4 is 17.3 Å². The molecule has 4 N–H and O–H groups in total. The summed E-state index contributed by atoms with van der Waals surface area (Å²) < 4.78 is 25.9. The van der Waals surface area contributed by atoms with E-state index in [-0.39, 0.29) is 23.5 Å². The van der Waals surface area contributed by atoms with E-state index in [1.807, 2.05) is 0 Å². The normalized spacial score (nSPS) is 10.3. The second kappa shape index (κ2) is 5.56. The van der Waals surface area contributed by atoms with E-state index in [4.69, 9.17) is 10.8 Å². The number of hydrogen-bond donors (Lipinski definition) is 3. The van der Waals surface area contributed by atoms with Gasteiger partial charge in [-0.1, -0.05) is 12.1 Å². The fourth-order valence-electron chi connectivity index (χ4n) is 1.79. The van der Waals surface area contributed by atoms with Gasteiger partial charge in [-0.3, -0.25) is 0 Å². The minimum Gasteiger partial charge on any atom is -0.478 e. The summed E-state index contributed by atoms with van der Waals surface area (Å²) in [5.41, 5.74) is 6.74. The van der Waals surface area contributed by atoms with Crippen molar-refractivity contribution in [1.82, 2.24) is 0 Å². The number of benzene rings is 2. The Bertz CT molecular complexity index is 660. The van der Waals surface area contributed by atoms with Crippen LogP contribution in [0, 0.1) is 11.6 Å². The van der Waals surface area contributed by atoms with E-state index < -0.39 is 17.6 Å². The standard InChI is InChI=1S/C14H12F2N2O2/c15-10-5-4-8(6-11(10)16)7-18-13-9(14(19)20)2-1-3-12(13)17/h1-6,18H,7,17H2,(H,19,20). The van der Waals surface area contributed by atoms with Crippen molar-refractivity contribution in [2.45, 2.75) is 6.54 Å². The van der Waals surface area contributed by atoms with Crippen LogP contribution in [0.25, 0.3) is 0 Å². The van der Waals surface area contributed by atoms with Gasteiger partial charge in [0.15, 0.2) is 11.6 Å². The number of nitrogens with two attached hydrogens (primary N) is 1. The highest BCUT2D eigenvalue weighted by molar-refractivity contribution is 5.97. The van der Waals surface area contributed by atoms with Crippen LogP contribution in [-0.2, 0) is 6.54 Å². The van der Waals surface area contributed by atoms with Crippen LogP contribution in [0.5, 0.6) is 0 Å². The lowest BCUT2D eigenvalue weighted by Crippen LogP contribution is -2.09. The van der Waals surface area contributed by atoms with Crippen molar-refractivity contribution in [3.8, 4) is 0 Å². The van der Waals surface area contributed by atoms with Gasteiger partial charge in [0.05, 0.1) is 16.9 Å². The topological polar surface area (TPSA) is 75.4 Å². The maximum atomic E-state index is 13.1. The lowest BCUT2D eigenvalue weighted by atomic mass is 10.1. The number of nitrogens with one attached hydrogen (secondary N) is 1. The Hall–Kier alpha value is -2.63. The smallest absolute Gasteiger partial charge is 0.337 e. The Morgan fingerprint density at radius 2 is 1.95 bits per heavy atom. The number of aromatic carboxylic acids is 1. The lowest BCUT2D eigenvalue weighted by Gasteiger charge is -2.12. The summed E-state index contributed by atoms with van der Waals surface area (Å²) in [5, 5.41) is 11.9. The quantitative estimate of drug-likeness (QED) is 0.752. The largest absolute Gasteiger partial charge is 0.478 e. The van der Waals surface area contributed by atoms with Crippen molar-refractivity contribution in [1.29, 1.82) is 0 Å². The summed E-state index contributed by atoms with van der Waals surface area (Å²) in [6.07, 6.45) is 0. The van der Waals surface area contributed by atoms with E-state index in [1.165, 1.54) is 18.2 Å². The molecule has 2 aromatic carbocycles. The number of hydrogen-bond acceptors (Lipinski definition) is 3. The monoisotopic (exact) mass is 278 g/mol. The Labute approximate surface area is 113 Å². The molecule has 0 spiro atoms. The molecule has 104 valence electrons. The molecular formula is C14H12F2N2O2. The maximum absolute atomic E-state index is 13.1. The van der Waals surface area contributed by atoms with Gasteiger partial charge < -0.3 is 16.2 Å². The lowest BCUT2D eigenvalue weighted by molar-refractivity contribution is 0.0698. The summed E-state index contributed by atoms with van der Waals surface area (Å²) >= 11 is 0. The Morgan fingerprint density at radius 1 is 1.20 bits per heavy atom. The first-order valence-electron chi connectivity index (χ1n) is 5.78. The van der Waals surface area contributed by atoms with Gasteiger partial charge >= 0.3 is 5.97 Å². The van der Waals surface area contributed by atoms with Gasteiger partial charge in [-0.15, -0.1) is 0 Å². The molecule has 20 heavy (non-hydrogen) atoms. The number of rotatable bonds is 4. The van der Waals surface area contributed by atoms with Crippen LogP contribution in [0.2, 0.25) is 0 Å². The predicted octanol–water partition coefficient (Wildman–Crippen LogP) is 2.86. The van der Waals surface area contributed by atoms with Crippen molar-refractivity contribution < 1.29 is 18.7 Å². The molecule has 0 heterocycles. The van der Waals surface area contributed by atoms with Crippen LogP contribution in [0.1, 0.15) is 15.9 Å². The molecule has 0 amide bonds. The molecule has 0 aromatic heterocycles. The van der Waals surface area contributed by atoms with E-state index >= 15 is 0 Å². The number of carboxylic acid groups (broad SMARTS) is 1. The summed E-state index contributed by atoms with van der Waals surface area (Å²) in [4.78, 5) is 11.1. The van der Waals surface area contributed by atoms with E-state index in [9.17, 15) is 13.6 Å². The molecular weight excluding hydrogens is 266 g/mol. The molecule has 0 bridgehead atoms. The molecule has 6 heteroatoms. The van der Waals surface area contributed by atoms with Crippen molar-refractivity contribution in [2.24, 2.45) is 0 Å². The molecule has 0 fully saturated rings. The average molecular weight is 278 g/mol. The first-order chi connectivity index (χ1) is 9.49. The van der Waals surface area contributed by atoms with Crippen molar-refractivity contribution in [3.63, 3.8) is 0 Å². The van der Waals surface area contributed by atoms with Crippen LogP contribution >= 0.6 is 0 Å². The number of carboxylic acids is 1. The van der Waals surface area contributed by atoms with Gasteiger partial charge in [-0.05, 0) is 29.8 Å². The molecule has 4 nitrogen and oxygen atoms in total. The molecule has 0 saturated heterocycles. The average Bonchev–Trinajstić information content (AvgIpc) is 2.40. The fraction of sp³-hybridized carbons (Fsp3) is 0.0714. The maximum Gasteiger partial charge on any atom is 0.337 e. The Morgan fingerprint density at radius 3 is 2.60 bits per heavy atom. The predicted molar refractivity (Wildman–Crippen MR) is 71.5 cm³/mol. The second-order valence-corrected chi connectivity index (χ2v) is 4.18. The zero-order valence-electron chi connectivity index (χ0n) is 10.4. The molecule has 0 aliphatic heterocycles. The minimum absolute atomic E-state index is 0.0209. The van der Waals surface area contributed by atoms with Gasteiger partial charge in [-0.2, -0.15) is 0 Å². The fourth-order valence-corrected chi connectivity index (χ4v) is 1.79. The Kier molecular flexibility index (Phi) is 3.84. The van der Waals surface area contributed by atoms with Crippen LogP contribution < -0.4 is 11.1 Å². The van der Waals surface area contributed by atoms with Gasteiger partial charge in [0.1, 0.15) is 0 Å². The van der Waals surface area contributed by atoms with Crippen LogP contribution in [0.15, 0.2) is 36.4 Å². The summed E-state index contributed by atoms with van der Waals surface area (Å²) in [5.74, 6) is -3.01. The molecule has 0 atom stereocenters. The van der Waals surface area contributed by atoms with Gasteiger partial charge in [0.25, 0.3) is 0 Å². The highest BCUT2D eigenvalue weighted by Crippen LogP contribution is 2.24. The third-order valence-electron chi connectivity index (χ3n) is 2.78. The third-order valence-corrected chi connectivity index (χ3v) is 2.78. The van der Waals surface area contributed by atoms with E-state index in [0.29, 0.717) is 5.56 Å². The Balaban J connectivity index is 2.22. The van der Waals surface area contributed by atoms with E-state index in [0.717, 1.165) is 12.1 Å². The SMILES string of the molecule is Nc1cccc(C(=O)O)c1NCc1ccc(F)c(F)c1. The number of anilines is 2. The number of para-hydroxylation sites is 1. The summed E-state index contributed by atoms with van der Waals surface area (Å²) in [6.45, 7) is 0.131. The summed E-state index contributed by atoms with van der Waals surface area (Å²) in [7, 11) is 0. The molecule has 2 rings (SSSR count). The molecule has 0 radical (unpaired) electrons. The third kappa shape index (κ3) is 2.85. The zero-order chi connectivity index (χ0) is 14.7.